The van der Waals surface area contributed by atoms with Gasteiger partial charge in [-0.15, -0.1) is 0 Å². The Labute approximate surface area is 185 Å². The van der Waals surface area contributed by atoms with Crippen LogP contribution in [-0.4, -0.2) is 169 Å². The Bertz CT molecular complexity index is 69.3. The Kier molecular flexibility index (Phi) is 1340. The molecular formula is H27Na3O15PS. The van der Waals surface area contributed by atoms with Crippen LogP contribution in [0, 0.1) is 0 Å². The van der Waals surface area contributed by atoms with Crippen molar-refractivity contribution in [2.75, 3.05) is 0 Å². The zero-order chi connectivity index (χ0) is 4.50. The van der Waals surface area contributed by atoms with Crippen LogP contribution in [0.3, 0.4) is 0 Å². The van der Waals surface area contributed by atoms with Crippen molar-refractivity contribution in [2.45, 2.75) is 0 Å². The van der Waals surface area contributed by atoms with Gasteiger partial charge in [-0.05, 0) is 11.8 Å². The Morgan fingerprint density at radius 2 is 0.400 bits per heavy atom. The molecule has 0 bridgehead atoms. The third-order valence-corrected chi connectivity index (χ3v) is 0. The Morgan fingerprint density at radius 3 is 0.400 bits per heavy atom. The summed E-state index contributed by atoms with van der Waals surface area (Å²) < 4.78 is 0. The first-order valence-electron chi connectivity index (χ1n) is 0.783. The van der Waals surface area contributed by atoms with Crippen molar-refractivity contribution in [2.24, 2.45) is 0 Å². The maximum absolute atomic E-state index is 7.56. The van der Waals surface area contributed by atoms with Crippen LogP contribution >= 0.6 is 6.72 Å². The van der Waals surface area contributed by atoms with Gasteiger partial charge in [0, 0.05) is 88.7 Å². The van der Waals surface area contributed by atoms with Gasteiger partial charge >= 0.3 is 6.72 Å². The van der Waals surface area contributed by atoms with Crippen LogP contribution in [-0.2, 0) is 11.8 Å². The topological polar surface area (TPSA) is 439 Å². The molecule has 0 fully saturated rings. The van der Waals surface area contributed by atoms with Gasteiger partial charge in [0.25, 0.3) is 0 Å². The second-order valence-electron chi connectivity index (χ2n) is 0.513. The maximum Gasteiger partial charge on any atom is 0.319 e. The van der Waals surface area contributed by atoms with E-state index in [2.05, 4.69) is 11.8 Å². The minimum Gasteiger partial charge on any atom is -0.412 e. The second kappa shape index (κ2) is 119. The predicted octanol–water partition coefficient (Wildman–Crippen LogP) is -11.9. The van der Waals surface area contributed by atoms with E-state index < -0.39 is 6.72 Å². The molecule has 0 aliphatic rings. The van der Waals surface area contributed by atoms with Crippen LogP contribution in [0.15, 0.2) is 0 Å². The Morgan fingerprint density at radius 1 is 0.400 bits per heavy atom. The maximum atomic E-state index is 7.56. The monoisotopic (exact) mass is 399 g/mol. The van der Waals surface area contributed by atoms with Crippen molar-refractivity contribution in [3.63, 3.8) is 0 Å². The largest absolute Gasteiger partial charge is 0.412 e. The van der Waals surface area contributed by atoms with Crippen molar-refractivity contribution in [1.29, 1.82) is 0 Å². The zero-order valence-electron chi connectivity index (χ0n) is 11.2. The molecule has 0 aliphatic carbocycles. The average Bonchev–Trinajstić information content (AvgIpc) is 0.722. The molecule has 3 radical (unpaired) electrons. The number of hydrogen-bond donors (Lipinski definition) is 3. The van der Waals surface area contributed by atoms with Crippen molar-refractivity contribution in [3.05, 3.63) is 0 Å². The molecule has 0 rings (SSSR count). The van der Waals surface area contributed by atoms with E-state index in [1.54, 1.807) is 0 Å². The Balaban J connectivity index is -0.000000000762. The molecule has 0 unspecified atom stereocenters. The average molecular weight is 399 g/mol. The molecule has 20 heteroatoms. The summed E-state index contributed by atoms with van der Waals surface area (Å²) in [4.78, 5) is 22.7. The van der Waals surface area contributed by atoms with E-state index >= 15 is 0 Å². The molecule has 0 spiro atoms. The molecule has 27 N–H and O–H groups in total. The third kappa shape index (κ3) is 910. The van der Waals surface area contributed by atoms with Crippen LogP contribution in [0.4, 0.5) is 0 Å². The zero-order valence-corrected chi connectivity index (χ0v) is 18.9. The standard InChI is InChI=1S/3Na.H3O3PS.12H2O/c;;;1-4(2,3)5;;;;;;;;;;;;/h;;;(H3,1,2,3,5);12*1H2. The van der Waals surface area contributed by atoms with Gasteiger partial charge in [0.2, 0.25) is 0 Å². The summed E-state index contributed by atoms with van der Waals surface area (Å²) in [6.45, 7) is -3.81. The molecule has 0 atom stereocenters. The number of rotatable bonds is 0. The minimum absolute atomic E-state index is 0. The van der Waals surface area contributed by atoms with Gasteiger partial charge in [-0.1, -0.05) is 0 Å². The van der Waals surface area contributed by atoms with Crippen LogP contribution in [0.1, 0.15) is 0 Å². The second-order valence-corrected chi connectivity index (χ2v) is 3.01. The first kappa shape index (κ1) is 225. The summed E-state index contributed by atoms with van der Waals surface area (Å²) in [6.07, 6.45) is 0. The summed E-state index contributed by atoms with van der Waals surface area (Å²) in [7, 11) is 0. The van der Waals surface area contributed by atoms with Gasteiger partial charge in [0.1, 0.15) is 0 Å². The fraction of sp³-hybridized carbons (Fsp3) is 0. The Hall–Kier alpha value is 3.05. The van der Waals surface area contributed by atoms with Crippen LogP contribution in [0.25, 0.3) is 0 Å². The molecule has 0 saturated carbocycles. The van der Waals surface area contributed by atoms with E-state index in [0.717, 1.165) is 0 Å². The molecule has 0 aliphatic heterocycles. The van der Waals surface area contributed by atoms with E-state index in [9.17, 15) is 0 Å². The fourth-order valence-corrected chi connectivity index (χ4v) is 0. The molecule has 0 saturated heterocycles. The first-order valence-corrected chi connectivity index (χ1v) is 3.44. The molecule has 0 aromatic carbocycles. The molecule has 0 aromatic rings. The molecule has 0 heterocycles. The quantitative estimate of drug-likeness (QED) is 0.263. The van der Waals surface area contributed by atoms with E-state index in [4.69, 9.17) is 14.7 Å². The van der Waals surface area contributed by atoms with E-state index in [-0.39, 0.29) is 154 Å². The van der Waals surface area contributed by atoms with Crippen LogP contribution < -0.4 is 0 Å². The minimum atomic E-state index is -3.81. The number of hydrogen-bond acceptors (Lipinski definition) is 1. The van der Waals surface area contributed by atoms with Crippen molar-refractivity contribution in [1.82, 2.24) is 0 Å². The summed E-state index contributed by atoms with van der Waals surface area (Å²) in [5, 5.41) is 0. The third-order valence-electron chi connectivity index (χ3n) is 0. The molecular weight excluding hydrogens is 372 g/mol. The van der Waals surface area contributed by atoms with Crippen LogP contribution in [0.2, 0.25) is 0 Å². The summed E-state index contributed by atoms with van der Waals surface area (Å²) in [5.41, 5.74) is 0. The first-order chi connectivity index (χ1) is 2.00. The van der Waals surface area contributed by atoms with Gasteiger partial charge in [-0.3, -0.25) is 0 Å². The normalized spacial score (nSPS) is 2.95. The van der Waals surface area contributed by atoms with Gasteiger partial charge in [0.05, 0.1) is 0 Å². The van der Waals surface area contributed by atoms with E-state index in [1.807, 2.05) is 0 Å². The van der Waals surface area contributed by atoms with Crippen molar-refractivity contribution < 1.29 is 80.4 Å². The van der Waals surface area contributed by atoms with E-state index in [1.165, 1.54) is 0 Å². The predicted molar refractivity (Wildman–Crippen MR) is 81.6 cm³/mol. The SMILES string of the molecule is O.O.O.O.O.O.O.O.O.O.O.O.OP(O)(O)=S.[Na].[Na].[Na]. The summed E-state index contributed by atoms with van der Waals surface area (Å²) >= 11 is 3.60. The van der Waals surface area contributed by atoms with Gasteiger partial charge < -0.3 is 80.4 Å². The van der Waals surface area contributed by atoms with Gasteiger partial charge in [0.15, 0.2) is 0 Å². The summed E-state index contributed by atoms with van der Waals surface area (Å²) in [6, 6.07) is 0. The molecule has 131 valence electrons. The van der Waals surface area contributed by atoms with Crippen molar-refractivity contribution in [3.8, 4) is 0 Å². The smallest absolute Gasteiger partial charge is 0.319 e. The molecule has 15 nitrogen and oxygen atoms in total. The fourth-order valence-electron chi connectivity index (χ4n) is 0. The summed E-state index contributed by atoms with van der Waals surface area (Å²) in [5.74, 6) is 0. The van der Waals surface area contributed by atoms with Crippen molar-refractivity contribution >= 4 is 107 Å². The van der Waals surface area contributed by atoms with E-state index in [0.29, 0.717) is 0 Å². The van der Waals surface area contributed by atoms with Gasteiger partial charge in [-0.2, -0.15) is 0 Å². The molecule has 0 aromatic heterocycles. The van der Waals surface area contributed by atoms with Gasteiger partial charge in [-0.25, -0.2) is 0 Å². The molecule has 0 amide bonds. The van der Waals surface area contributed by atoms with Crippen LogP contribution in [0.5, 0.6) is 0 Å². The molecule has 20 heavy (non-hydrogen) atoms.